The second-order valence-corrected chi connectivity index (χ2v) is 9.18. The van der Waals surface area contributed by atoms with Crippen LogP contribution >= 0.6 is 0 Å². The summed E-state index contributed by atoms with van der Waals surface area (Å²) >= 11 is 0. The number of ether oxygens (including phenoxy) is 1. The van der Waals surface area contributed by atoms with Gasteiger partial charge in [-0.05, 0) is 61.8 Å². The van der Waals surface area contributed by atoms with Gasteiger partial charge in [0.25, 0.3) is 0 Å². The van der Waals surface area contributed by atoms with E-state index in [9.17, 15) is 4.79 Å². The highest BCUT2D eigenvalue weighted by atomic mass is 16.5. The summed E-state index contributed by atoms with van der Waals surface area (Å²) in [4.78, 5) is 12.4. The van der Waals surface area contributed by atoms with Gasteiger partial charge in [0.05, 0.1) is 0 Å². The molecule has 5 aromatic carbocycles. The number of alkyl carbamates (subject to hydrolysis) is 1. The Morgan fingerprint density at radius 2 is 1.31 bits per heavy atom. The lowest BCUT2D eigenvalue weighted by molar-refractivity contribution is 0.143. The van der Waals surface area contributed by atoms with Crippen LogP contribution in [-0.4, -0.2) is 19.2 Å². The van der Waals surface area contributed by atoms with Gasteiger partial charge in [0, 0.05) is 12.5 Å². The Labute approximate surface area is 211 Å². The van der Waals surface area contributed by atoms with Gasteiger partial charge < -0.3 is 10.1 Å². The van der Waals surface area contributed by atoms with Crippen molar-refractivity contribution in [3.8, 4) is 11.1 Å². The highest BCUT2D eigenvalue weighted by molar-refractivity contribution is 6.06. The zero-order valence-electron chi connectivity index (χ0n) is 20.0. The molecule has 36 heavy (non-hydrogen) atoms. The van der Waals surface area contributed by atoms with Gasteiger partial charge in [-0.3, -0.25) is 0 Å². The smallest absolute Gasteiger partial charge is 0.407 e. The van der Waals surface area contributed by atoms with E-state index in [0.29, 0.717) is 13.2 Å². The highest BCUT2D eigenvalue weighted by Gasteiger charge is 2.28. The summed E-state index contributed by atoms with van der Waals surface area (Å²) in [7, 11) is 0. The van der Waals surface area contributed by atoms with E-state index in [1.54, 1.807) is 0 Å². The lowest BCUT2D eigenvalue weighted by atomic mass is 9.96. The van der Waals surface area contributed by atoms with E-state index in [-0.39, 0.29) is 12.0 Å². The predicted molar refractivity (Wildman–Crippen MR) is 148 cm³/mol. The first-order valence-electron chi connectivity index (χ1n) is 12.5. The zero-order chi connectivity index (χ0) is 24.3. The quantitative estimate of drug-likeness (QED) is 0.202. The Balaban J connectivity index is 1.08. The predicted octanol–water partition coefficient (Wildman–Crippen LogP) is 7.94. The molecule has 0 fully saturated rings. The molecule has 0 aliphatic heterocycles. The van der Waals surface area contributed by atoms with E-state index in [0.717, 1.165) is 6.42 Å². The molecule has 3 nitrogen and oxygen atoms in total. The third-order valence-corrected chi connectivity index (χ3v) is 7.02. The van der Waals surface area contributed by atoms with Crippen molar-refractivity contribution in [3.05, 3.63) is 126 Å². The fourth-order valence-corrected chi connectivity index (χ4v) is 5.34. The number of nitrogens with one attached hydrogen (secondary N) is 1. The molecule has 0 saturated heterocycles. The number of amides is 1. The van der Waals surface area contributed by atoms with E-state index < -0.39 is 0 Å². The number of hydrogen-bond acceptors (Lipinski definition) is 2. The number of benzene rings is 5. The third-order valence-electron chi connectivity index (χ3n) is 7.02. The van der Waals surface area contributed by atoms with E-state index >= 15 is 0 Å². The van der Waals surface area contributed by atoms with Gasteiger partial charge in [-0.1, -0.05) is 109 Å². The van der Waals surface area contributed by atoms with Gasteiger partial charge in [0.1, 0.15) is 6.61 Å². The molecule has 3 heteroatoms. The Kier molecular flexibility index (Phi) is 5.96. The topological polar surface area (TPSA) is 38.3 Å². The van der Waals surface area contributed by atoms with Gasteiger partial charge in [0.2, 0.25) is 0 Å². The van der Waals surface area contributed by atoms with Crippen molar-refractivity contribution < 1.29 is 9.53 Å². The van der Waals surface area contributed by atoms with Crippen molar-refractivity contribution in [2.75, 3.05) is 13.2 Å². The van der Waals surface area contributed by atoms with E-state index in [1.165, 1.54) is 49.4 Å². The molecular weight excluding hydrogens is 442 g/mol. The van der Waals surface area contributed by atoms with Crippen molar-refractivity contribution in [1.82, 2.24) is 5.32 Å². The van der Waals surface area contributed by atoms with Crippen molar-refractivity contribution in [1.29, 1.82) is 0 Å². The maximum absolute atomic E-state index is 12.4. The monoisotopic (exact) mass is 469 g/mol. The van der Waals surface area contributed by atoms with E-state index in [1.807, 2.05) is 12.1 Å². The zero-order valence-corrected chi connectivity index (χ0v) is 20.0. The lowest BCUT2D eigenvalue weighted by Crippen LogP contribution is -2.26. The van der Waals surface area contributed by atoms with Crippen LogP contribution in [0.25, 0.3) is 38.7 Å². The van der Waals surface area contributed by atoms with Crippen molar-refractivity contribution in [3.63, 3.8) is 0 Å². The van der Waals surface area contributed by atoms with Crippen LogP contribution in [-0.2, 0) is 4.74 Å². The van der Waals surface area contributed by atoms with Gasteiger partial charge in [-0.2, -0.15) is 0 Å². The molecule has 0 unspecified atom stereocenters. The molecule has 0 bridgehead atoms. The molecule has 6 rings (SSSR count). The lowest BCUT2D eigenvalue weighted by Gasteiger charge is -2.14. The molecule has 0 radical (unpaired) electrons. The third kappa shape index (κ3) is 4.14. The Morgan fingerprint density at radius 1 is 0.750 bits per heavy atom. The maximum Gasteiger partial charge on any atom is 0.407 e. The van der Waals surface area contributed by atoms with Gasteiger partial charge in [-0.25, -0.2) is 4.79 Å². The molecule has 0 aromatic heterocycles. The Hall–Kier alpha value is -4.37. The van der Waals surface area contributed by atoms with Crippen molar-refractivity contribution >= 4 is 33.7 Å². The second kappa shape index (κ2) is 9.71. The SMILES string of the molecule is O=C(NCCC=Cc1c2ccccc2cc2ccccc12)OCC1c2ccccc2-c2ccccc21. The fraction of sp³-hybridized carbons (Fsp3) is 0.121. The molecule has 1 N–H and O–H groups in total. The van der Waals surface area contributed by atoms with E-state index in [4.69, 9.17) is 4.74 Å². The van der Waals surface area contributed by atoms with Crippen LogP contribution in [0.3, 0.4) is 0 Å². The molecule has 0 atom stereocenters. The molecule has 1 aliphatic rings. The minimum atomic E-state index is -0.374. The summed E-state index contributed by atoms with van der Waals surface area (Å²) < 4.78 is 5.65. The van der Waals surface area contributed by atoms with Crippen LogP contribution < -0.4 is 5.32 Å². The number of carbonyl (C=O) groups is 1. The van der Waals surface area contributed by atoms with Gasteiger partial charge >= 0.3 is 6.09 Å². The standard InChI is InChI=1S/C33H27NO2/c35-33(36-22-32-30-17-7-5-15-28(30)29-16-6-8-18-31(29)32)34-20-10-9-19-27-25-13-3-1-11-23(25)21-24-12-2-4-14-26(24)27/h1-9,11-19,21,32H,10,20,22H2,(H,34,35). The van der Waals surface area contributed by atoms with Crippen LogP contribution in [0, 0.1) is 0 Å². The largest absolute Gasteiger partial charge is 0.449 e. The summed E-state index contributed by atoms with van der Waals surface area (Å²) in [5.74, 6) is 0.0719. The molecule has 0 heterocycles. The summed E-state index contributed by atoms with van der Waals surface area (Å²) in [5.41, 5.74) is 6.11. The summed E-state index contributed by atoms with van der Waals surface area (Å²) in [6.07, 6.45) is 4.64. The first-order valence-corrected chi connectivity index (χ1v) is 12.5. The van der Waals surface area contributed by atoms with Crippen LogP contribution in [0.2, 0.25) is 0 Å². The molecule has 0 spiro atoms. The summed E-state index contributed by atoms with van der Waals surface area (Å²) in [6.45, 7) is 0.855. The number of fused-ring (bicyclic) bond motifs is 5. The Morgan fingerprint density at radius 3 is 1.94 bits per heavy atom. The molecule has 5 aromatic rings. The minimum Gasteiger partial charge on any atom is -0.449 e. The molecule has 1 amide bonds. The number of hydrogen-bond donors (Lipinski definition) is 1. The first kappa shape index (κ1) is 22.1. The summed E-state index contributed by atoms with van der Waals surface area (Å²) in [6, 6.07) is 35.9. The van der Waals surface area contributed by atoms with Crippen LogP contribution in [0.4, 0.5) is 4.79 Å². The summed E-state index contributed by atoms with van der Waals surface area (Å²) in [5, 5.41) is 7.83. The van der Waals surface area contributed by atoms with Crippen LogP contribution in [0.5, 0.6) is 0 Å². The van der Waals surface area contributed by atoms with Crippen LogP contribution in [0.15, 0.2) is 109 Å². The van der Waals surface area contributed by atoms with Crippen molar-refractivity contribution in [2.24, 2.45) is 0 Å². The van der Waals surface area contributed by atoms with Gasteiger partial charge in [-0.15, -0.1) is 0 Å². The van der Waals surface area contributed by atoms with Crippen LogP contribution in [0.1, 0.15) is 29.0 Å². The van der Waals surface area contributed by atoms with E-state index in [2.05, 4.69) is 108 Å². The first-order chi connectivity index (χ1) is 17.8. The minimum absolute atomic E-state index is 0.0719. The molecule has 176 valence electrons. The van der Waals surface area contributed by atoms with Crippen molar-refractivity contribution in [2.45, 2.75) is 12.3 Å². The highest BCUT2D eigenvalue weighted by Crippen LogP contribution is 2.44. The fourth-order valence-electron chi connectivity index (χ4n) is 5.34. The molecular formula is C33H27NO2. The average molecular weight is 470 g/mol. The average Bonchev–Trinajstić information content (AvgIpc) is 3.25. The number of rotatable bonds is 6. The second-order valence-electron chi connectivity index (χ2n) is 9.18. The molecule has 1 aliphatic carbocycles. The maximum atomic E-state index is 12.4. The number of carbonyl (C=O) groups excluding carboxylic acids is 1. The van der Waals surface area contributed by atoms with Gasteiger partial charge in [0.15, 0.2) is 0 Å². The molecule has 0 saturated carbocycles. The normalized spacial score (nSPS) is 12.7. The Bertz CT molecular complexity index is 1500.